The average molecular weight is 275 g/mol. The molecule has 3 atom stereocenters. The van der Waals surface area contributed by atoms with E-state index in [2.05, 4.69) is 6.92 Å². The Labute approximate surface area is 119 Å². The fraction of sp³-hybridized carbons (Fsp3) is 0.562. The number of likely N-dealkylation sites (tertiary alicyclic amines) is 1. The van der Waals surface area contributed by atoms with Crippen molar-refractivity contribution in [3.05, 3.63) is 29.3 Å². The summed E-state index contributed by atoms with van der Waals surface area (Å²) in [5, 5.41) is 9.38. The second-order valence-corrected chi connectivity index (χ2v) is 5.81. The first-order valence-electron chi connectivity index (χ1n) is 7.35. The number of nitrogens with zero attached hydrogens (tertiary/aromatic N) is 1. The van der Waals surface area contributed by atoms with Crippen molar-refractivity contribution in [3.63, 3.8) is 0 Å². The van der Waals surface area contributed by atoms with E-state index in [1.807, 2.05) is 25.1 Å². The van der Waals surface area contributed by atoms with Gasteiger partial charge in [-0.25, -0.2) is 0 Å². The number of fused-ring (bicyclic) bond motifs is 1. The van der Waals surface area contributed by atoms with Gasteiger partial charge in [0, 0.05) is 18.0 Å². The summed E-state index contributed by atoms with van der Waals surface area (Å²) < 4.78 is 5.89. The van der Waals surface area contributed by atoms with Crippen LogP contribution in [0.1, 0.15) is 48.5 Å². The van der Waals surface area contributed by atoms with Crippen molar-refractivity contribution in [2.75, 3.05) is 13.2 Å². The quantitative estimate of drug-likeness (QED) is 0.900. The SMILES string of the molecule is CC1Oc2c(C(=O)N3CCC[C@@H]3CO)cccc2C1C. The van der Waals surface area contributed by atoms with Crippen molar-refractivity contribution < 1.29 is 14.6 Å². The third kappa shape index (κ3) is 1.99. The number of aliphatic hydroxyl groups excluding tert-OH is 1. The second-order valence-electron chi connectivity index (χ2n) is 5.81. The zero-order valence-corrected chi connectivity index (χ0v) is 12.0. The highest BCUT2D eigenvalue weighted by atomic mass is 16.5. The van der Waals surface area contributed by atoms with E-state index >= 15 is 0 Å². The Morgan fingerprint density at radius 1 is 1.45 bits per heavy atom. The Bertz CT molecular complexity index is 528. The summed E-state index contributed by atoms with van der Waals surface area (Å²) in [4.78, 5) is 14.5. The van der Waals surface area contributed by atoms with Crippen LogP contribution in [0.2, 0.25) is 0 Å². The summed E-state index contributed by atoms with van der Waals surface area (Å²) in [7, 11) is 0. The van der Waals surface area contributed by atoms with Gasteiger partial charge in [0.2, 0.25) is 0 Å². The Morgan fingerprint density at radius 2 is 2.25 bits per heavy atom. The van der Waals surface area contributed by atoms with E-state index in [9.17, 15) is 9.90 Å². The lowest BCUT2D eigenvalue weighted by Crippen LogP contribution is -2.37. The Kier molecular flexibility index (Phi) is 3.42. The molecule has 4 nitrogen and oxygen atoms in total. The van der Waals surface area contributed by atoms with Crippen molar-refractivity contribution in [1.82, 2.24) is 4.90 Å². The van der Waals surface area contributed by atoms with Crippen LogP contribution in [0.15, 0.2) is 18.2 Å². The molecule has 1 saturated heterocycles. The smallest absolute Gasteiger partial charge is 0.257 e. The average Bonchev–Trinajstić information content (AvgIpc) is 3.04. The molecule has 3 rings (SSSR count). The van der Waals surface area contributed by atoms with Crippen molar-refractivity contribution in [1.29, 1.82) is 0 Å². The summed E-state index contributed by atoms with van der Waals surface area (Å²) in [5.74, 6) is 1.03. The molecule has 20 heavy (non-hydrogen) atoms. The molecule has 0 radical (unpaired) electrons. The van der Waals surface area contributed by atoms with Crippen molar-refractivity contribution in [2.24, 2.45) is 0 Å². The summed E-state index contributed by atoms with van der Waals surface area (Å²) >= 11 is 0. The minimum atomic E-state index is -0.0467. The van der Waals surface area contributed by atoms with Gasteiger partial charge >= 0.3 is 0 Å². The van der Waals surface area contributed by atoms with E-state index in [0.717, 1.165) is 30.7 Å². The third-order valence-electron chi connectivity index (χ3n) is 4.62. The molecular weight excluding hydrogens is 254 g/mol. The lowest BCUT2D eigenvalue weighted by atomic mass is 9.96. The van der Waals surface area contributed by atoms with Gasteiger partial charge < -0.3 is 14.7 Å². The molecule has 1 N–H and O–H groups in total. The van der Waals surface area contributed by atoms with Crippen LogP contribution in [0.4, 0.5) is 0 Å². The third-order valence-corrected chi connectivity index (χ3v) is 4.62. The molecule has 0 saturated carbocycles. The van der Waals surface area contributed by atoms with Gasteiger partial charge in [-0.2, -0.15) is 0 Å². The number of benzene rings is 1. The molecule has 0 aliphatic carbocycles. The number of hydrogen-bond acceptors (Lipinski definition) is 3. The van der Waals surface area contributed by atoms with E-state index in [1.54, 1.807) is 4.90 Å². The highest BCUT2D eigenvalue weighted by Gasteiger charge is 2.35. The molecule has 0 bridgehead atoms. The Morgan fingerprint density at radius 3 is 3.00 bits per heavy atom. The van der Waals surface area contributed by atoms with Crippen LogP contribution in [-0.4, -0.2) is 41.2 Å². The maximum Gasteiger partial charge on any atom is 0.257 e. The van der Waals surface area contributed by atoms with Gasteiger partial charge in [0.15, 0.2) is 0 Å². The summed E-state index contributed by atoms with van der Waals surface area (Å²) in [6.07, 6.45) is 1.94. The fourth-order valence-corrected chi connectivity index (χ4v) is 3.20. The molecule has 0 aromatic heterocycles. The predicted molar refractivity (Wildman–Crippen MR) is 76.1 cm³/mol. The van der Waals surface area contributed by atoms with Crippen LogP contribution in [0.25, 0.3) is 0 Å². The van der Waals surface area contributed by atoms with Crippen LogP contribution >= 0.6 is 0 Å². The number of aliphatic hydroxyl groups is 1. The molecule has 2 aliphatic rings. The van der Waals surface area contributed by atoms with Gasteiger partial charge in [0.25, 0.3) is 5.91 Å². The molecule has 1 aromatic rings. The van der Waals surface area contributed by atoms with Gasteiger partial charge in [0.05, 0.1) is 18.2 Å². The van der Waals surface area contributed by atoms with Gasteiger partial charge in [-0.05, 0) is 25.8 Å². The number of rotatable bonds is 2. The largest absolute Gasteiger partial charge is 0.489 e. The lowest BCUT2D eigenvalue weighted by Gasteiger charge is -2.23. The summed E-state index contributed by atoms with van der Waals surface area (Å²) in [6, 6.07) is 5.75. The van der Waals surface area contributed by atoms with Crippen molar-refractivity contribution in [3.8, 4) is 5.75 Å². The van der Waals surface area contributed by atoms with Crippen LogP contribution in [0.5, 0.6) is 5.75 Å². The van der Waals surface area contributed by atoms with E-state index in [0.29, 0.717) is 11.5 Å². The van der Waals surface area contributed by atoms with E-state index in [-0.39, 0.29) is 24.7 Å². The molecular formula is C16H21NO3. The van der Waals surface area contributed by atoms with E-state index in [4.69, 9.17) is 4.74 Å². The normalized spacial score (nSPS) is 28.4. The first kappa shape index (κ1) is 13.4. The minimum absolute atomic E-state index is 0.0142. The first-order chi connectivity index (χ1) is 9.63. The number of amides is 1. The molecule has 2 heterocycles. The highest BCUT2D eigenvalue weighted by molar-refractivity contribution is 5.98. The fourth-order valence-electron chi connectivity index (χ4n) is 3.20. The monoisotopic (exact) mass is 275 g/mol. The predicted octanol–water partition coefficient (Wildman–Crippen LogP) is 2.17. The highest BCUT2D eigenvalue weighted by Crippen LogP contribution is 2.41. The van der Waals surface area contributed by atoms with Crippen LogP contribution in [-0.2, 0) is 0 Å². The molecule has 0 spiro atoms. The molecule has 1 fully saturated rings. The van der Waals surface area contributed by atoms with Gasteiger partial charge in [-0.3, -0.25) is 4.79 Å². The Hall–Kier alpha value is -1.55. The zero-order chi connectivity index (χ0) is 14.3. The summed E-state index contributed by atoms with van der Waals surface area (Å²) in [5.41, 5.74) is 1.75. The molecule has 4 heteroatoms. The molecule has 2 aliphatic heterocycles. The minimum Gasteiger partial charge on any atom is -0.489 e. The molecule has 1 amide bonds. The van der Waals surface area contributed by atoms with Crippen LogP contribution in [0.3, 0.4) is 0 Å². The summed E-state index contributed by atoms with van der Waals surface area (Å²) in [6.45, 7) is 4.91. The second kappa shape index (κ2) is 5.09. The number of ether oxygens (including phenoxy) is 1. The van der Waals surface area contributed by atoms with Crippen LogP contribution in [0, 0.1) is 0 Å². The van der Waals surface area contributed by atoms with Gasteiger partial charge in [0.1, 0.15) is 11.9 Å². The maximum atomic E-state index is 12.7. The zero-order valence-electron chi connectivity index (χ0n) is 12.0. The number of hydrogen-bond donors (Lipinski definition) is 1. The van der Waals surface area contributed by atoms with Crippen LogP contribution < -0.4 is 4.74 Å². The number of para-hydroxylation sites is 1. The van der Waals surface area contributed by atoms with Crippen molar-refractivity contribution >= 4 is 5.91 Å². The van der Waals surface area contributed by atoms with Gasteiger partial charge in [-0.15, -0.1) is 0 Å². The van der Waals surface area contributed by atoms with E-state index < -0.39 is 0 Å². The Balaban J connectivity index is 1.94. The van der Waals surface area contributed by atoms with Crippen molar-refractivity contribution in [2.45, 2.75) is 44.8 Å². The number of carbonyl (C=O) groups excluding carboxylic acids is 1. The van der Waals surface area contributed by atoms with E-state index in [1.165, 1.54) is 0 Å². The molecule has 1 aromatic carbocycles. The standard InChI is InChI=1S/C16H21NO3/c1-10-11(2)20-15-13(10)6-3-7-14(15)16(19)17-8-4-5-12(17)9-18/h3,6-7,10-12,18H,4-5,8-9H2,1-2H3/t10?,11?,12-/m1/s1. The van der Waals surface area contributed by atoms with Gasteiger partial charge in [-0.1, -0.05) is 19.1 Å². The maximum absolute atomic E-state index is 12.7. The topological polar surface area (TPSA) is 49.8 Å². The lowest BCUT2D eigenvalue weighted by molar-refractivity contribution is 0.0672. The molecule has 108 valence electrons. The molecule has 2 unspecified atom stereocenters. The number of carbonyl (C=O) groups is 1. The first-order valence-corrected chi connectivity index (χ1v) is 7.35.